The van der Waals surface area contributed by atoms with Gasteiger partial charge in [0.25, 0.3) is 6.02 Å². The number of amidine groups is 1. The molecule has 0 unspecified atom stereocenters. The van der Waals surface area contributed by atoms with Crippen molar-refractivity contribution in [3.8, 4) is 0 Å². The van der Waals surface area contributed by atoms with Crippen molar-refractivity contribution >= 4 is 27.5 Å². The lowest BCUT2D eigenvalue weighted by atomic mass is 10.8. The van der Waals surface area contributed by atoms with Crippen LogP contribution in [0.25, 0.3) is 0 Å². The normalized spacial score (nSPS) is 14.7. The summed E-state index contributed by atoms with van der Waals surface area (Å²) in [5.41, 5.74) is 0. The summed E-state index contributed by atoms with van der Waals surface area (Å²) in [5.74, 6) is 0. The minimum atomic E-state index is -0.486. The molecule has 74 valence electrons. The Kier molecular flexibility index (Phi) is 2.27. The van der Waals surface area contributed by atoms with Crippen molar-refractivity contribution in [3.05, 3.63) is 16.3 Å². The zero-order valence-corrected chi connectivity index (χ0v) is 7.78. The first-order valence-electron chi connectivity index (χ1n) is 3.80. The number of aliphatic imine (C=N–C) groups is 1. The molecule has 0 aliphatic carbocycles. The monoisotopic (exact) mass is 214 g/mol. The van der Waals surface area contributed by atoms with Gasteiger partial charge in [0.2, 0.25) is 0 Å². The zero-order chi connectivity index (χ0) is 9.97. The van der Waals surface area contributed by atoms with E-state index in [1.54, 1.807) is 0 Å². The topological polar surface area (TPSA) is 89.7 Å². The van der Waals surface area contributed by atoms with Gasteiger partial charge in [0.1, 0.15) is 12.8 Å². The summed E-state index contributed by atoms with van der Waals surface area (Å²) < 4.78 is 5.06. The number of ether oxygens (including phenoxy) is 1. The van der Waals surface area contributed by atoms with Gasteiger partial charge in [0.05, 0.1) is 11.5 Å². The number of nitrogens with one attached hydrogen (secondary N) is 1. The van der Waals surface area contributed by atoms with Crippen LogP contribution in [-0.4, -0.2) is 29.1 Å². The van der Waals surface area contributed by atoms with Crippen molar-refractivity contribution in [1.29, 1.82) is 0 Å². The second-order valence-electron chi connectivity index (χ2n) is 2.42. The minimum Gasteiger partial charge on any atom is -0.463 e. The van der Waals surface area contributed by atoms with Gasteiger partial charge in [-0.25, -0.2) is 9.98 Å². The van der Waals surface area contributed by atoms with Crippen LogP contribution < -0.4 is 5.32 Å². The van der Waals surface area contributed by atoms with Gasteiger partial charge < -0.3 is 4.74 Å². The molecule has 0 aromatic carbocycles. The van der Waals surface area contributed by atoms with E-state index in [9.17, 15) is 10.1 Å². The van der Waals surface area contributed by atoms with Crippen LogP contribution in [0.3, 0.4) is 0 Å². The molecule has 0 fully saturated rings. The first-order valence-corrected chi connectivity index (χ1v) is 4.62. The number of nitro groups is 1. The maximum absolute atomic E-state index is 10.3. The van der Waals surface area contributed by atoms with E-state index in [1.165, 1.54) is 6.20 Å². The second kappa shape index (κ2) is 3.58. The molecule has 0 saturated heterocycles. The number of anilines is 1. The Bertz CT molecular complexity index is 388. The fourth-order valence-corrected chi connectivity index (χ4v) is 1.53. The lowest BCUT2D eigenvalue weighted by Crippen LogP contribution is -2.11. The predicted molar refractivity (Wildman–Crippen MR) is 50.6 cm³/mol. The van der Waals surface area contributed by atoms with Crippen LogP contribution in [0.2, 0.25) is 0 Å². The number of nitrogens with zero attached hydrogens (tertiary/aromatic N) is 3. The molecule has 0 amide bonds. The Balaban J connectivity index is 2.06. The molecule has 1 N–H and O–H groups in total. The van der Waals surface area contributed by atoms with Gasteiger partial charge in [-0.1, -0.05) is 0 Å². The largest absolute Gasteiger partial charge is 0.463 e. The molecule has 8 heteroatoms. The van der Waals surface area contributed by atoms with Crippen LogP contribution in [0.1, 0.15) is 0 Å². The molecular formula is C6H6N4O3S. The summed E-state index contributed by atoms with van der Waals surface area (Å²) in [5, 5.41) is 13.5. The van der Waals surface area contributed by atoms with E-state index >= 15 is 0 Å². The van der Waals surface area contributed by atoms with Crippen LogP contribution in [-0.2, 0) is 4.74 Å². The van der Waals surface area contributed by atoms with Crippen molar-refractivity contribution in [1.82, 2.24) is 4.98 Å². The quantitative estimate of drug-likeness (QED) is 0.582. The molecule has 1 aromatic heterocycles. The van der Waals surface area contributed by atoms with Crippen LogP contribution in [0.4, 0.5) is 10.1 Å². The fourth-order valence-electron chi connectivity index (χ4n) is 0.910. The molecule has 0 atom stereocenters. The summed E-state index contributed by atoms with van der Waals surface area (Å²) in [4.78, 5) is 17.6. The molecule has 0 radical (unpaired) electrons. The van der Waals surface area contributed by atoms with Crippen LogP contribution >= 0.6 is 11.3 Å². The highest BCUT2D eigenvalue weighted by molar-refractivity contribution is 7.18. The van der Waals surface area contributed by atoms with Gasteiger partial charge >= 0.3 is 5.00 Å². The van der Waals surface area contributed by atoms with Gasteiger partial charge in [-0.15, -0.1) is 0 Å². The van der Waals surface area contributed by atoms with E-state index in [0.29, 0.717) is 24.3 Å². The third-order valence-corrected chi connectivity index (χ3v) is 2.34. The molecule has 0 spiro atoms. The van der Waals surface area contributed by atoms with Crippen molar-refractivity contribution in [3.63, 3.8) is 0 Å². The highest BCUT2D eigenvalue weighted by Gasteiger charge is 2.14. The maximum atomic E-state index is 10.3. The Hall–Kier alpha value is -1.70. The number of thiazole rings is 1. The van der Waals surface area contributed by atoms with Crippen molar-refractivity contribution in [2.45, 2.75) is 0 Å². The molecular weight excluding hydrogens is 208 g/mol. The molecule has 0 saturated carbocycles. The van der Waals surface area contributed by atoms with Gasteiger partial charge in [-0.05, 0) is 11.3 Å². The van der Waals surface area contributed by atoms with E-state index < -0.39 is 4.92 Å². The Labute approximate surface area is 82.6 Å². The Morgan fingerprint density at radius 3 is 3.14 bits per heavy atom. The smallest absolute Gasteiger partial charge is 0.345 e. The average Bonchev–Trinajstić information content (AvgIpc) is 2.75. The van der Waals surface area contributed by atoms with E-state index in [2.05, 4.69) is 15.3 Å². The molecule has 7 nitrogen and oxygen atoms in total. The van der Waals surface area contributed by atoms with E-state index in [-0.39, 0.29) is 5.00 Å². The highest BCUT2D eigenvalue weighted by atomic mass is 32.1. The number of hydrogen-bond acceptors (Lipinski definition) is 7. The summed E-state index contributed by atoms with van der Waals surface area (Å²) in [6.45, 7) is 1.14. The van der Waals surface area contributed by atoms with Gasteiger partial charge in [-0.2, -0.15) is 0 Å². The van der Waals surface area contributed by atoms with Crippen molar-refractivity contribution in [2.75, 3.05) is 18.5 Å². The second-order valence-corrected chi connectivity index (χ2v) is 3.43. The number of aromatic nitrogens is 1. The fraction of sp³-hybridized carbons (Fsp3) is 0.333. The third kappa shape index (κ3) is 1.79. The summed E-state index contributed by atoms with van der Waals surface area (Å²) in [6.07, 6.45) is 1.20. The standard InChI is InChI=1S/C6H6N4O3S/c11-10(12)4-3-8-6(14-4)9-5-7-1-2-13-5/h3H,1-2H2,(H,7,8,9). The molecule has 2 rings (SSSR count). The summed E-state index contributed by atoms with van der Waals surface area (Å²) >= 11 is 0.946. The number of rotatable bonds is 2. The molecule has 14 heavy (non-hydrogen) atoms. The Morgan fingerprint density at radius 1 is 1.71 bits per heavy atom. The molecule has 1 aliphatic heterocycles. The molecule has 0 bridgehead atoms. The van der Waals surface area contributed by atoms with Crippen LogP contribution in [0, 0.1) is 10.1 Å². The van der Waals surface area contributed by atoms with E-state index in [1.807, 2.05) is 0 Å². The third-order valence-electron chi connectivity index (χ3n) is 1.47. The average molecular weight is 214 g/mol. The Morgan fingerprint density at radius 2 is 2.57 bits per heavy atom. The maximum Gasteiger partial charge on any atom is 0.345 e. The lowest BCUT2D eigenvalue weighted by molar-refractivity contribution is -0.380. The highest BCUT2D eigenvalue weighted by Crippen LogP contribution is 2.25. The van der Waals surface area contributed by atoms with Gasteiger partial charge in [-0.3, -0.25) is 15.4 Å². The van der Waals surface area contributed by atoms with Crippen LogP contribution in [0.15, 0.2) is 11.2 Å². The number of hydrogen-bond donors (Lipinski definition) is 1. The molecule has 2 heterocycles. The first-order chi connectivity index (χ1) is 6.75. The minimum absolute atomic E-state index is 0.00824. The van der Waals surface area contributed by atoms with Crippen molar-refractivity contribution < 1.29 is 9.66 Å². The van der Waals surface area contributed by atoms with Crippen LogP contribution in [0.5, 0.6) is 0 Å². The summed E-state index contributed by atoms with van der Waals surface area (Å²) in [7, 11) is 0. The van der Waals surface area contributed by atoms with Gasteiger partial charge in [0, 0.05) is 0 Å². The SMILES string of the molecule is O=[N+]([O-])c1cnc(NC2=NCCO2)s1. The zero-order valence-electron chi connectivity index (χ0n) is 6.97. The predicted octanol–water partition coefficient (Wildman–Crippen LogP) is 0.849. The van der Waals surface area contributed by atoms with E-state index in [4.69, 9.17) is 4.74 Å². The first kappa shape index (κ1) is 8.88. The van der Waals surface area contributed by atoms with Crippen molar-refractivity contribution in [2.24, 2.45) is 4.99 Å². The summed E-state index contributed by atoms with van der Waals surface area (Å²) in [6, 6.07) is 0.370. The molecule has 1 aliphatic rings. The van der Waals surface area contributed by atoms with E-state index in [0.717, 1.165) is 11.3 Å². The molecule has 1 aromatic rings. The lowest BCUT2D eigenvalue weighted by Gasteiger charge is -1.99. The van der Waals surface area contributed by atoms with Gasteiger partial charge in [0.15, 0.2) is 5.13 Å².